The van der Waals surface area contributed by atoms with E-state index in [4.69, 9.17) is 0 Å². The maximum Gasteiger partial charge on any atom is 0.0714 e. The Morgan fingerprint density at radius 1 is 0.436 bits per heavy atom. The molecule has 0 bridgehead atoms. The number of hydrogen-bond donors (Lipinski definition) is 1. The number of hydrogen-bond acceptors (Lipinski definition) is 2. The van der Waals surface area contributed by atoms with Gasteiger partial charge in [-0.15, -0.1) is 11.3 Å². The van der Waals surface area contributed by atoms with Gasteiger partial charge in [0.15, 0.2) is 0 Å². The van der Waals surface area contributed by atoms with Crippen LogP contribution in [0.4, 0.5) is 11.4 Å². The second kappa shape index (κ2) is 8.69. The Hall–Kier alpha value is -4.66. The number of thiophene rings is 1. The largest absolute Gasteiger partial charge is 0.355 e. The fourth-order valence-electron chi connectivity index (χ4n) is 6.51. The molecule has 0 spiro atoms. The van der Waals surface area contributed by atoms with E-state index in [1.54, 1.807) is 0 Å². The monoisotopic (exact) mass is 515 g/mol. The molecule has 6 aromatic carbocycles. The zero-order chi connectivity index (χ0) is 25.8. The van der Waals surface area contributed by atoms with Gasteiger partial charge < -0.3 is 5.32 Å². The zero-order valence-corrected chi connectivity index (χ0v) is 22.1. The van der Waals surface area contributed by atoms with Crippen LogP contribution in [0.5, 0.6) is 0 Å². The maximum atomic E-state index is 3.74. The highest BCUT2D eigenvalue weighted by molar-refractivity contribution is 7.25. The van der Waals surface area contributed by atoms with Gasteiger partial charge in [0.1, 0.15) is 0 Å². The summed E-state index contributed by atoms with van der Waals surface area (Å²) in [6.45, 7) is 0. The van der Waals surface area contributed by atoms with Crippen LogP contribution in [0.2, 0.25) is 0 Å². The Balaban J connectivity index is 1.31. The summed E-state index contributed by atoms with van der Waals surface area (Å²) in [5.74, 6) is 0. The van der Waals surface area contributed by atoms with Gasteiger partial charge >= 0.3 is 0 Å². The van der Waals surface area contributed by atoms with Crippen LogP contribution in [0.25, 0.3) is 31.3 Å². The van der Waals surface area contributed by atoms with Gasteiger partial charge in [-0.2, -0.15) is 0 Å². The topological polar surface area (TPSA) is 12.0 Å². The van der Waals surface area contributed by atoms with Crippen molar-refractivity contribution in [1.29, 1.82) is 0 Å². The van der Waals surface area contributed by atoms with Gasteiger partial charge in [-0.05, 0) is 69.8 Å². The van der Waals surface area contributed by atoms with Crippen LogP contribution < -0.4 is 5.32 Å². The van der Waals surface area contributed by atoms with Gasteiger partial charge in [-0.3, -0.25) is 0 Å². The highest BCUT2D eigenvalue weighted by Gasteiger charge is 2.45. The number of nitrogens with one attached hydrogen (secondary N) is 1. The van der Waals surface area contributed by atoms with Crippen molar-refractivity contribution in [1.82, 2.24) is 0 Å². The Labute approximate surface area is 232 Å². The van der Waals surface area contributed by atoms with Gasteiger partial charge in [0.2, 0.25) is 0 Å². The van der Waals surface area contributed by atoms with E-state index in [1.807, 2.05) is 11.3 Å². The summed E-state index contributed by atoms with van der Waals surface area (Å²) in [5, 5.41) is 6.35. The summed E-state index contributed by atoms with van der Waals surface area (Å²) < 4.78 is 2.65. The van der Waals surface area contributed by atoms with Crippen LogP contribution in [0, 0.1) is 0 Å². The third-order valence-electron chi connectivity index (χ3n) is 8.12. The summed E-state index contributed by atoms with van der Waals surface area (Å²) in [6.07, 6.45) is 0. The molecule has 0 radical (unpaired) electrons. The lowest BCUT2D eigenvalue weighted by Gasteiger charge is -2.34. The molecule has 1 nitrogen and oxygen atoms in total. The first-order valence-corrected chi connectivity index (χ1v) is 14.2. The third-order valence-corrected chi connectivity index (χ3v) is 9.27. The highest BCUT2D eigenvalue weighted by Crippen LogP contribution is 2.56. The van der Waals surface area contributed by atoms with Crippen LogP contribution in [0.15, 0.2) is 146 Å². The van der Waals surface area contributed by atoms with Crippen molar-refractivity contribution in [3.63, 3.8) is 0 Å². The van der Waals surface area contributed by atoms with E-state index in [-0.39, 0.29) is 5.41 Å². The van der Waals surface area contributed by atoms with Crippen molar-refractivity contribution in [2.75, 3.05) is 5.32 Å². The molecular weight excluding hydrogens is 490 g/mol. The normalized spacial score (nSPS) is 13.3. The molecule has 2 heteroatoms. The fraction of sp³-hybridized carbons (Fsp3) is 0.0270. The lowest BCUT2D eigenvalue weighted by molar-refractivity contribution is 0.769. The fourth-order valence-corrected chi connectivity index (χ4v) is 7.60. The van der Waals surface area contributed by atoms with Gasteiger partial charge in [0.05, 0.1) is 5.41 Å². The summed E-state index contributed by atoms with van der Waals surface area (Å²) in [6, 6.07) is 53.1. The SMILES string of the molecule is c1ccc(C2(c3cccc(Nc4ccc5sc6ccccc6c5c4)c3)c3ccccc3-c3ccccc32)cc1. The maximum absolute atomic E-state index is 3.74. The Kier molecular flexibility index (Phi) is 4.98. The molecule has 0 amide bonds. The van der Waals surface area contributed by atoms with Gasteiger partial charge in [-0.25, -0.2) is 0 Å². The van der Waals surface area contributed by atoms with Crippen molar-refractivity contribution < 1.29 is 0 Å². The number of benzene rings is 6. The molecule has 1 N–H and O–H groups in total. The summed E-state index contributed by atoms with van der Waals surface area (Å²) in [5.41, 5.74) is 9.63. The quantitative estimate of drug-likeness (QED) is 0.246. The van der Waals surface area contributed by atoms with Crippen molar-refractivity contribution in [3.8, 4) is 11.1 Å². The zero-order valence-electron chi connectivity index (χ0n) is 21.3. The molecular formula is C37H25NS. The first-order chi connectivity index (χ1) is 19.3. The first-order valence-electron chi connectivity index (χ1n) is 13.4. The van der Waals surface area contributed by atoms with E-state index in [0.717, 1.165) is 11.4 Å². The molecule has 1 aliphatic carbocycles. The number of fused-ring (bicyclic) bond motifs is 6. The lowest BCUT2D eigenvalue weighted by atomic mass is 9.67. The number of rotatable bonds is 4. The van der Waals surface area contributed by atoms with Crippen LogP contribution in [0.1, 0.15) is 22.3 Å². The molecule has 0 saturated carbocycles. The minimum atomic E-state index is -0.389. The smallest absolute Gasteiger partial charge is 0.0714 e. The molecule has 7 aromatic rings. The van der Waals surface area contributed by atoms with Gasteiger partial charge in [0, 0.05) is 31.5 Å². The van der Waals surface area contributed by atoms with Gasteiger partial charge in [-0.1, -0.05) is 109 Å². The molecule has 0 aliphatic heterocycles. The average molecular weight is 516 g/mol. The van der Waals surface area contributed by atoms with E-state index in [1.165, 1.54) is 53.6 Å². The van der Waals surface area contributed by atoms with Crippen molar-refractivity contribution >= 4 is 42.9 Å². The minimum Gasteiger partial charge on any atom is -0.355 e. The molecule has 1 aromatic heterocycles. The minimum absolute atomic E-state index is 0.389. The predicted molar refractivity (Wildman–Crippen MR) is 166 cm³/mol. The molecule has 184 valence electrons. The van der Waals surface area contributed by atoms with Crippen molar-refractivity contribution in [2.45, 2.75) is 5.41 Å². The Morgan fingerprint density at radius 2 is 1.05 bits per heavy atom. The van der Waals surface area contributed by atoms with E-state index in [0.29, 0.717) is 0 Å². The van der Waals surface area contributed by atoms with Crippen LogP contribution in [-0.4, -0.2) is 0 Å². The van der Waals surface area contributed by atoms with Gasteiger partial charge in [0.25, 0.3) is 0 Å². The van der Waals surface area contributed by atoms with E-state index in [2.05, 4.69) is 151 Å². The molecule has 0 saturated heterocycles. The molecule has 0 unspecified atom stereocenters. The Bertz CT molecular complexity index is 1950. The summed E-state index contributed by atoms with van der Waals surface area (Å²) in [7, 11) is 0. The standard InChI is InChI=1S/C37H25NS/c1-2-11-25(12-3-1)37(33-18-7-4-15-29(33)30-16-5-8-19-34(30)37)26-13-10-14-27(23-26)38-28-21-22-36-32(24-28)31-17-6-9-20-35(31)39-36/h1-24,38H. The predicted octanol–water partition coefficient (Wildman–Crippen LogP) is 10.2. The summed E-state index contributed by atoms with van der Waals surface area (Å²) in [4.78, 5) is 0. The molecule has 1 aliphatic rings. The van der Waals surface area contributed by atoms with E-state index in [9.17, 15) is 0 Å². The van der Waals surface area contributed by atoms with Crippen LogP contribution in [-0.2, 0) is 5.41 Å². The van der Waals surface area contributed by atoms with Crippen molar-refractivity contribution in [3.05, 3.63) is 168 Å². The third kappa shape index (κ3) is 3.32. The molecule has 1 heterocycles. The molecule has 0 fully saturated rings. The molecule has 39 heavy (non-hydrogen) atoms. The summed E-state index contributed by atoms with van der Waals surface area (Å²) >= 11 is 1.85. The van der Waals surface area contributed by atoms with E-state index < -0.39 is 0 Å². The average Bonchev–Trinajstić information content (AvgIpc) is 3.52. The number of anilines is 2. The highest BCUT2D eigenvalue weighted by atomic mass is 32.1. The molecule has 0 atom stereocenters. The second-order valence-electron chi connectivity index (χ2n) is 10.2. The van der Waals surface area contributed by atoms with Crippen molar-refractivity contribution in [2.24, 2.45) is 0 Å². The second-order valence-corrected chi connectivity index (χ2v) is 11.3. The first kappa shape index (κ1) is 22.3. The Morgan fingerprint density at radius 3 is 1.85 bits per heavy atom. The van der Waals surface area contributed by atoms with E-state index >= 15 is 0 Å². The van der Waals surface area contributed by atoms with Crippen LogP contribution in [0.3, 0.4) is 0 Å². The van der Waals surface area contributed by atoms with Crippen LogP contribution >= 0.6 is 11.3 Å². The lowest BCUT2D eigenvalue weighted by Crippen LogP contribution is -2.28. The molecule has 8 rings (SSSR count).